The lowest BCUT2D eigenvalue weighted by atomic mass is 9.33. The van der Waals surface area contributed by atoms with E-state index in [0.29, 0.717) is 5.56 Å². The Kier molecular flexibility index (Phi) is 14.4. The van der Waals surface area contributed by atoms with Gasteiger partial charge in [0.2, 0.25) is 0 Å². The Morgan fingerprint density at radius 3 is 1.39 bits per heavy atom. The average Bonchev–Trinajstić information content (AvgIpc) is 1.27. The minimum atomic E-state index is -0.500. The molecule has 0 amide bonds. The van der Waals surface area contributed by atoms with Gasteiger partial charge in [0.15, 0.2) is 0 Å². The van der Waals surface area contributed by atoms with Crippen LogP contribution in [0.5, 0.6) is 0 Å². The minimum absolute atomic E-state index is 0.108. The number of hydrogen-bond acceptors (Lipinski definition) is 3. The molecule has 0 unspecified atom stereocenters. The van der Waals surface area contributed by atoms with E-state index in [2.05, 4.69) is 390 Å². The van der Waals surface area contributed by atoms with Crippen molar-refractivity contribution in [2.24, 2.45) is 0 Å². The van der Waals surface area contributed by atoms with Gasteiger partial charge in [0.1, 0.15) is 0 Å². The Hall–Kier alpha value is -12.8. The summed E-state index contributed by atoms with van der Waals surface area (Å²) in [5, 5.41) is 4.82. The molecule has 3 nitrogen and oxygen atoms in total. The highest BCUT2D eigenvalue weighted by Gasteiger charge is 2.45. The van der Waals surface area contributed by atoms with Crippen LogP contribution < -0.4 is 26.2 Å². The summed E-state index contributed by atoms with van der Waals surface area (Å²) in [6.45, 7) is 13.3. The standard InChI is InChI=1S/C104H78BN3S/c1-103(2,3)78-52-54-83-84-55-53-79(104(4,5)6)66-94(84)107(93(83)65-78)92-48-29-45-86(88-47-28-46-87-85-42-25-26-49-98(85)109-102(87)88)99(92)74-51-57-91-90(61-74)105-89-56-50-73(67-30-13-7-14-31-67)62-95(89)108(101-81(71-38-21-11-22-39-71)43-27-44-82(101)72-40-23-12-24-41-72)97-64-77(70-36-19-10-20-37-70)63-96(100(97)105)106(91)80-59-75(68-32-15-8-16-33-68)58-76(60-80)69-34-17-9-18-35-69/h7-66H,1-6H3/i10D,19D,20D,36D,37D. The zero-order valence-electron chi connectivity index (χ0n) is 66.6. The zero-order chi connectivity index (χ0) is 77.6. The first-order valence-electron chi connectivity index (χ1n) is 40.2. The normalized spacial score (nSPS) is 13.3. The molecule has 0 saturated carbocycles. The van der Waals surface area contributed by atoms with E-state index in [1.165, 1.54) is 42.1 Å². The molecule has 109 heavy (non-hydrogen) atoms. The van der Waals surface area contributed by atoms with E-state index >= 15 is 0 Å². The third kappa shape index (κ3) is 11.2. The van der Waals surface area contributed by atoms with Crippen molar-refractivity contribution in [3.05, 3.63) is 375 Å². The van der Waals surface area contributed by atoms with E-state index in [-0.39, 0.29) is 28.5 Å². The highest BCUT2D eigenvalue weighted by atomic mass is 32.1. The number of nitrogens with zero attached hydrogens (tertiary/aromatic N) is 3. The van der Waals surface area contributed by atoms with Gasteiger partial charge in [-0.1, -0.05) is 339 Å². The fourth-order valence-corrected chi connectivity index (χ4v) is 18.5. The van der Waals surface area contributed by atoms with Crippen LogP contribution in [0.2, 0.25) is 0 Å². The fourth-order valence-electron chi connectivity index (χ4n) is 17.3. The van der Waals surface area contributed by atoms with Crippen molar-refractivity contribution < 1.29 is 6.85 Å². The van der Waals surface area contributed by atoms with E-state index in [1.54, 1.807) is 0 Å². The Labute approximate surface area is 649 Å². The lowest BCUT2D eigenvalue weighted by molar-refractivity contribution is 0.591. The van der Waals surface area contributed by atoms with Crippen molar-refractivity contribution in [1.82, 2.24) is 4.57 Å². The Balaban J connectivity index is 0.969. The third-order valence-electron chi connectivity index (χ3n) is 22.5. The monoisotopic (exact) mass is 1420 g/mol. The van der Waals surface area contributed by atoms with E-state index < -0.39 is 24.8 Å². The molecule has 0 saturated heterocycles. The second-order valence-corrected chi connectivity index (χ2v) is 32.2. The predicted octanol–water partition coefficient (Wildman–Crippen LogP) is 27.2. The summed E-state index contributed by atoms with van der Waals surface area (Å²) in [5.74, 6) is 0. The number of hydrogen-bond donors (Lipinski definition) is 0. The quantitative estimate of drug-likeness (QED) is 0.120. The van der Waals surface area contributed by atoms with Crippen molar-refractivity contribution in [3.8, 4) is 94.7 Å². The molecule has 5 heteroatoms. The third-order valence-corrected chi connectivity index (χ3v) is 23.8. The van der Waals surface area contributed by atoms with Gasteiger partial charge in [0, 0.05) is 81.6 Å². The maximum Gasteiger partial charge on any atom is 0.252 e. The van der Waals surface area contributed by atoms with Crippen LogP contribution in [0, 0.1) is 0 Å². The zero-order valence-corrected chi connectivity index (χ0v) is 62.4. The Bertz CT molecular complexity index is 6730. The van der Waals surface area contributed by atoms with Crippen LogP contribution in [0.1, 0.15) is 59.5 Å². The van der Waals surface area contributed by atoms with Gasteiger partial charge < -0.3 is 14.4 Å². The summed E-state index contributed by atoms with van der Waals surface area (Å²) in [6, 6.07) is 120. The molecule has 20 rings (SSSR count). The summed E-state index contributed by atoms with van der Waals surface area (Å²) < 4.78 is 53.0. The van der Waals surface area contributed by atoms with Crippen LogP contribution in [-0.2, 0) is 10.8 Å². The second kappa shape index (κ2) is 26.0. The topological polar surface area (TPSA) is 11.4 Å². The van der Waals surface area contributed by atoms with Gasteiger partial charge in [-0.2, -0.15) is 0 Å². The van der Waals surface area contributed by atoms with Crippen molar-refractivity contribution in [2.45, 2.75) is 52.4 Å². The van der Waals surface area contributed by atoms with Crippen LogP contribution >= 0.6 is 11.3 Å². The molecule has 0 spiro atoms. The van der Waals surface area contributed by atoms with Gasteiger partial charge in [0.05, 0.1) is 29.3 Å². The van der Waals surface area contributed by atoms with Crippen LogP contribution in [0.25, 0.3) is 137 Å². The summed E-state index contributed by atoms with van der Waals surface area (Å²) >= 11 is 1.85. The van der Waals surface area contributed by atoms with Crippen LogP contribution in [0.4, 0.5) is 34.1 Å². The molecule has 0 aliphatic carbocycles. The Morgan fingerprint density at radius 1 is 0.303 bits per heavy atom. The van der Waals surface area contributed by atoms with E-state index in [4.69, 9.17) is 1.37 Å². The molecule has 0 N–H and O–H groups in total. The minimum Gasteiger partial charge on any atom is -0.311 e. The van der Waals surface area contributed by atoms with Gasteiger partial charge in [-0.15, -0.1) is 11.3 Å². The fraction of sp³-hybridized carbons (Fsp3) is 0.0769. The number of benzene rings is 16. The molecule has 4 heterocycles. The van der Waals surface area contributed by atoms with Crippen molar-refractivity contribution in [1.29, 1.82) is 0 Å². The van der Waals surface area contributed by atoms with Gasteiger partial charge >= 0.3 is 0 Å². The second-order valence-electron chi connectivity index (χ2n) is 31.2. The smallest absolute Gasteiger partial charge is 0.252 e. The number of aromatic nitrogens is 1. The van der Waals surface area contributed by atoms with E-state index in [1.807, 2.05) is 11.3 Å². The van der Waals surface area contributed by atoms with Crippen molar-refractivity contribution >= 4 is 111 Å². The summed E-state index contributed by atoms with van der Waals surface area (Å²) in [7, 11) is 0. The number of thiophene rings is 1. The molecule has 2 aromatic heterocycles. The van der Waals surface area contributed by atoms with E-state index in [9.17, 15) is 5.48 Å². The molecule has 2 aliphatic rings. The lowest BCUT2D eigenvalue weighted by Gasteiger charge is -2.45. The lowest BCUT2D eigenvalue weighted by Crippen LogP contribution is -2.61. The van der Waals surface area contributed by atoms with Crippen molar-refractivity contribution in [2.75, 3.05) is 9.80 Å². The molecule has 0 bridgehead atoms. The largest absolute Gasteiger partial charge is 0.311 e. The van der Waals surface area contributed by atoms with E-state index in [0.717, 1.165) is 145 Å². The summed E-state index contributed by atoms with van der Waals surface area (Å²) in [4.78, 5) is 4.89. The van der Waals surface area contributed by atoms with Gasteiger partial charge in [0.25, 0.3) is 6.71 Å². The van der Waals surface area contributed by atoms with Gasteiger partial charge in [-0.25, -0.2) is 0 Å². The maximum absolute atomic E-state index is 10.0. The van der Waals surface area contributed by atoms with Crippen LogP contribution in [0.15, 0.2) is 364 Å². The molecular formula is C104H78BN3S. The number of anilines is 6. The number of rotatable bonds is 11. The molecule has 0 atom stereocenters. The SMILES string of the molecule is [2H]c1c([2H])c([2H])c(-c2cc3c4c(c2)N(c2c(-c5ccccc5)cccc2-c2ccccc2)c2cc(-c5ccccc5)ccc2B4c2cc(-c4c(-c5cccc6c5sc5ccccc56)cccc4-n4c5cc(C(C)(C)C)ccc5c5ccc(C(C)(C)C)cc54)ccc2N3c2cc(-c3ccccc3)cc(-c3ccccc3)c2)c([2H])c1[2H]. The number of fused-ring (bicyclic) bond motifs is 10. The van der Waals surface area contributed by atoms with Crippen molar-refractivity contribution in [3.63, 3.8) is 0 Å². The Morgan fingerprint density at radius 2 is 0.789 bits per heavy atom. The first kappa shape index (κ1) is 60.3. The molecule has 2 aliphatic heterocycles. The van der Waals surface area contributed by atoms with Crippen LogP contribution in [-0.4, -0.2) is 11.3 Å². The maximum atomic E-state index is 10.0. The average molecular weight is 1420 g/mol. The van der Waals surface area contributed by atoms with Crippen LogP contribution in [0.3, 0.4) is 0 Å². The first-order chi connectivity index (χ1) is 55.4. The number of para-hydroxylation sites is 1. The van der Waals surface area contributed by atoms with Gasteiger partial charge in [-0.05, 0) is 172 Å². The predicted molar refractivity (Wildman–Crippen MR) is 469 cm³/mol. The molecule has 518 valence electrons. The highest BCUT2D eigenvalue weighted by molar-refractivity contribution is 7.26. The molecule has 16 aromatic carbocycles. The molecule has 0 fully saturated rings. The van der Waals surface area contributed by atoms with Gasteiger partial charge in [-0.3, -0.25) is 0 Å². The summed E-state index contributed by atoms with van der Waals surface area (Å²) in [5.41, 5.74) is 29.0. The molecular weight excluding hydrogens is 1330 g/mol. The first-order valence-corrected chi connectivity index (χ1v) is 38.6. The molecule has 0 radical (unpaired) electrons. The highest BCUT2D eigenvalue weighted by Crippen LogP contribution is 2.54. The summed E-state index contributed by atoms with van der Waals surface area (Å²) in [6.07, 6.45) is 0. The molecule has 18 aromatic rings.